The summed E-state index contributed by atoms with van der Waals surface area (Å²) in [5.41, 5.74) is 6.74. The van der Waals surface area contributed by atoms with Crippen LogP contribution in [-0.2, 0) is 0 Å². The van der Waals surface area contributed by atoms with E-state index in [-0.39, 0.29) is 5.91 Å². The Bertz CT molecular complexity index is 455. The molecule has 0 aliphatic carbocycles. The molecule has 0 aromatic carbocycles. The number of carbonyl (C=O) groups excluding carboxylic acids is 1. The first-order valence-corrected chi connectivity index (χ1v) is 6.55. The highest BCUT2D eigenvalue weighted by atomic mass is 32.1. The third-order valence-electron chi connectivity index (χ3n) is 2.49. The van der Waals surface area contributed by atoms with Gasteiger partial charge in [-0.2, -0.15) is 0 Å². The number of hydrogen-bond donors (Lipinski definition) is 1. The number of rotatable bonds is 5. The second-order valence-electron chi connectivity index (χ2n) is 4.34. The lowest BCUT2D eigenvalue weighted by molar-refractivity contribution is 0.0812. The third kappa shape index (κ3) is 3.22. The smallest absolute Gasteiger partial charge is 0.267 e. The van der Waals surface area contributed by atoms with E-state index in [1.807, 2.05) is 25.8 Å². The number of hydrogen-bond acceptors (Lipinski definition) is 5. The number of anilines is 2. The Labute approximate surface area is 112 Å². The molecule has 5 nitrogen and oxygen atoms in total. The maximum atomic E-state index is 12.2. The highest BCUT2D eigenvalue weighted by Gasteiger charge is 2.20. The van der Waals surface area contributed by atoms with Crippen LogP contribution in [0, 0.1) is 0 Å². The molecular formula is C12H20N4OS. The molecule has 0 saturated heterocycles. The monoisotopic (exact) mass is 268 g/mol. The minimum absolute atomic E-state index is 0.108. The van der Waals surface area contributed by atoms with E-state index in [1.165, 1.54) is 11.3 Å². The van der Waals surface area contributed by atoms with Gasteiger partial charge in [0.1, 0.15) is 10.7 Å². The van der Waals surface area contributed by atoms with Crippen molar-refractivity contribution < 1.29 is 4.79 Å². The minimum atomic E-state index is -0.108. The van der Waals surface area contributed by atoms with E-state index < -0.39 is 0 Å². The van der Waals surface area contributed by atoms with Gasteiger partial charge in [-0.15, -0.1) is 0 Å². The molecule has 2 N–H and O–H groups in total. The van der Waals surface area contributed by atoms with Crippen LogP contribution >= 0.6 is 11.3 Å². The van der Waals surface area contributed by atoms with Crippen molar-refractivity contribution in [3.05, 3.63) is 17.0 Å². The number of nitrogens with two attached hydrogens (primary N) is 1. The highest BCUT2D eigenvalue weighted by Crippen LogP contribution is 2.28. The molecule has 1 aromatic heterocycles. The Morgan fingerprint density at radius 1 is 1.50 bits per heavy atom. The van der Waals surface area contributed by atoms with E-state index >= 15 is 0 Å². The first kappa shape index (κ1) is 14.5. The molecular weight excluding hydrogens is 248 g/mol. The lowest BCUT2D eigenvalue weighted by Gasteiger charge is -2.16. The van der Waals surface area contributed by atoms with Crippen LogP contribution in [-0.4, -0.2) is 43.0 Å². The standard InChI is InChI=1S/C12H20N4OS/c1-6-15(4)12-14-10(13)9(18-12)11(17)16(5)7-8(2)3/h2,6-7,13H2,1,3-5H3. The topological polar surface area (TPSA) is 62.5 Å². The number of carbonyl (C=O) groups is 1. The van der Waals surface area contributed by atoms with Gasteiger partial charge in [-0.05, 0) is 13.8 Å². The number of thiazole rings is 1. The quantitative estimate of drug-likeness (QED) is 0.828. The summed E-state index contributed by atoms with van der Waals surface area (Å²) in [5, 5.41) is 0.766. The molecule has 0 atom stereocenters. The molecule has 1 heterocycles. The zero-order chi connectivity index (χ0) is 13.9. The van der Waals surface area contributed by atoms with Gasteiger partial charge in [-0.3, -0.25) is 4.79 Å². The molecule has 0 fully saturated rings. The van der Waals surface area contributed by atoms with Gasteiger partial charge >= 0.3 is 0 Å². The lowest BCUT2D eigenvalue weighted by Crippen LogP contribution is -2.28. The van der Waals surface area contributed by atoms with Crippen molar-refractivity contribution in [2.45, 2.75) is 13.8 Å². The summed E-state index contributed by atoms with van der Waals surface area (Å²) in [6.07, 6.45) is 0. The van der Waals surface area contributed by atoms with E-state index in [0.717, 1.165) is 17.2 Å². The lowest BCUT2D eigenvalue weighted by atomic mass is 10.3. The minimum Gasteiger partial charge on any atom is -0.382 e. The average Bonchev–Trinajstić information content (AvgIpc) is 2.68. The van der Waals surface area contributed by atoms with E-state index in [9.17, 15) is 4.79 Å². The summed E-state index contributed by atoms with van der Waals surface area (Å²) >= 11 is 1.32. The van der Waals surface area contributed by atoms with Crippen LogP contribution in [0.2, 0.25) is 0 Å². The van der Waals surface area contributed by atoms with Crippen molar-refractivity contribution in [2.75, 3.05) is 37.8 Å². The fourth-order valence-corrected chi connectivity index (χ4v) is 2.43. The molecule has 0 unspecified atom stereocenters. The van der Waals surface area contributed by atoms with Crippen molar-refractivity contribution in [1.29, 1.82) is 0 Å². The summed E-state index contributed by atoms with van der Waals surface area (Å²) in [7, 11) is 3.66. The number of amides is 1. The van der Waals surface area contributed by atoms with E-state index in [2.05, 4.69) is 11.6 Å². The van der Waals surface area contributed by atoms with E-state index in [4.69, 9.17) is 5.73 Å². The molecule has 0 aliphatic rings. The van der Waals surface area contributed by atoms with Gasteiger partial charge in [0.25, 0.3) is 5.91 Å². The van der Waals surface area contributed by atoms with Crippen molar-refractivity contribution in [3.63, 3.8) is 0 Å². The molecule has 0 saturated carbocycles. The number of nitrogen functional groups attached to an aromatic ring is 1. The largest absolute Gasteiger partial charge is 0.382 e. The first-order chi connectivity index (χ1) is 8.36. The number of aromatic nitrogens is 1. The molecule has 0 bridgehead atoms. The summed E-state index contributed by atoms with van der Waals surface area (Å²) in [6, 6.07) is 0. The van der Waals surface area contributed by atoms with Crippen molar-refractivity contribution in [2.24, 2.45) is 0 Å². The van der Waals surface area contributed by atoms with E-state index in [0.29, 0.717) is 17.2 Å². The predicted molar refractivity (Wildman–Crippen MR) is 77.2 cm³/mol. The summed E-state index contributed by atoms with van der Waals surface area (Å²) < 4.78 is 0. The number of nitrogens with zero attached hydrogens (tertiary/aromatic N) is 3. The third-order valence-corrected chi connectivity index (χ3v) is 3.66. The second kappa shape index (κ2) is 5.86. The fourth-order valence-electron chi connectivity index (χ4n) is 1.42. The summed E-state index contributed by atoms with van der Waals surface area (Å²) in [6.45, 7) is 9.04. The Morgan fingerprint density at radius 3 is 2.61 bits per heavy atom. The zero-order valence-corrected chi connectivity index (χ0v) is 12.2. The van der Waals surface area contributed by atoms with Crippen LogP contribution in [0.15, 0.2) is 12.2 Å². The Kier molecular flexibility index (Phi) is 4.72. The van der Waals surface area contributed by atoms with E-state index in [1.54, 1.807) is 11.9 Å². The molecule has 6 heteroatoms. The first-order valence-electron chi connectivity index (χ1n) is 5.74. The molecule has 1 aromatic rings. The molecule has 0 aliphatic heterocycles. The Hall–Kier alpha value is -1.56. The Balaban J connectivity index is 2.92. The van der Waals surface area contributed by atoms with Crippen LogP contribution in [0.1, 0.15) is 23.5 Å². The van der Waals surface area contributed by atoms with Crippen LogP contribution < -0.4 is 10.6 Å². The summed E-state index contributed by atoms with van der Waals surface area (Å²) in [4.78, 5) is 20.4. The maximum absolute atomic E-state index is 12.2. The molecule has 1 rings (SSSR count). The Morgan fingerprint density at radius 2 is 2.11 bits per heavy atom. The van der Waals surface area contributed by atoms with Gasteiger partial charge in [-0.1, -0.05) is 23.5 Å². The van der Waals surface area contributed by atoms with Crippen LogP contribution in [0.4, 0.5) is 10.9 Å². The van der Waals surface area contributed by atoms with Gasteiger partial charge in [0.05, 0.1) is 0 Å². The van der Waals surface area contributed by atoms with Gasteiger partial charge in [-0.25, -0.2) is 4.98 Å². The zero-order valence-electron chi connectivity index (χ0n) is 11.4. The van der Waals surface area contributed by atoms with Gasteiger partial charge in [0.15, 0.2) is 5.13 Å². The van der Waals surface area contributed by atoms with Crippen molar-refractivity contribution in [1.82, 2.24) is 9.88 Å². The maximum Gasteiger partial charge on any atom is 0.267 e. The summed E-state index contributed by atoms with van der Waals surface area (Å²) in [5.74, 6) is 0.192. The van der Waals surface area contributed by atoms with Gasteiger partial charge in [0, 0.05) is 27.2 Å². The average molecular weight is 268 g/mol. The molecule has 0 spiro atoms. The molecule has 1 amide bonds. The molecule has 18 heavy (non-hydrogen) atoms. The normalized spacial score (nSPS) is 10.2. The SMILES string of the molecule is C=C(C)CN(C)C(=O)c1sc(N(C)CC)nc1N. The predicted octanol–water partition coefficient (Wildman–Crippen LogP) is 1.83. The van der Waals surface area contributed by atoms with Crippen LogP contribution in [0.5, 0.6) is 0 Å². The van der Waals surface area contributed by atoms with Crippen LogP contribution in [0.25, 0.3) is 0 Å². The second-order valence-corrected chi connectivity index (χ2v) is 5.32. The molecule has 100 valence electrons. The van der Waals surface area contributed by atoms with Crippen LogP contribution in [0.3, 0.4) is 0 Å². The van der Waals surface area contributed by atoms with Crippen molar-refractivity contribution >= 4 is 28.2 Å². The number of likely N-dealkylation sites (N-methyl/N-ethyl adjacent to an activating group) is 1. The van der Waals surface area contributed by atoms with Gasteiger partial charge < -0.3 is 15.5 Å². The highest BCUT2D eigenvalue weighted by molar-refractivity contribution is 7.18. The van der Waals surface area contributed by atoms with Crippen molar-refractivity contribution in [3.8, 4) is 0 Å². The molecule has 0 radical (unpaired) electrons. The van der Waals surface area contributed by atoms with Gasteiger partial charge in [0.2, 0.25) is 0 Å². The fraction of sp³-hybridized carbons (Fsp3) is 0.500.